The highest BCUT2D eigenvalue weighted by molar-refractivity contribution is 5.77. The number of aryl methyl sites for hydroxylation is 1. The molecule has 0 aliphatic carbocycles. The maximum absolute atomic E-state index is 13.0. The number of benzene rings is 1. The molecule has 2 heterocycles. The predicted octanol–water partition coefficient (Wildman–Crippen LogP) is 3.17. The summed E-state index contributed by atoms with van der Waals surface area (Å²) in [5.74, 6) is -0.0492. The van der Waals surface area contributed by atoms with Crippen LogP contribution in [0.3, 0.4) is 0 Å². The maximum Gasteiger partial charge on any atom is 0.223 e. The summed E-state index contributed by atoms with van der Waals surface area (Å²) in [4.78, 5) is 18.4. The number of halogens is 1. The molecular weight excluding hydrogens is 281 g/mol. The first-order valence-corrected chi connectivity index (χ1v) is 7.75. The Morgan fingerprint density at radius 2 is 2.14 bits per heavy atom. The summed E-state index contributed by atoms with van der Waals surface area (Å²) in [5.41, 5.74) is 1.03. The molecule has 1 aromatic carbocycles. The minimum Gasteiger partial charge on any atom is -0.337 e. The lowest BCUT2D eigenvalue weighted by Crippen LogP contribution is -2.30. The minimum atomic E-state index is -0.236. The molecule has 1 aliphatic heterocycles. The van der Waals surface area contributed by atoms with Crippen LogP contribution < -0.4 is 0 Å². The van der Waals surface area contributed by atoms with Crippen LogP contribution in [0.5, 0.6) is 0 Å². The molecule has 116 valence electrons. The minimum absolute atomic E-state index is 0.0985. The Morgan fingerprint density at radius 1 is 1.32 bits per heavy atom. The second kappa shape index (κ2) is 6.73. The van der Waals surface area contributed by atoms with E-state index in [0.29, 0.717) is 6.42 Å². The Kier molecular flexibility index (Phi) is 4.51. The van der Waals surface area contributed by atoms with Crippen LogP contribution in [0.15, 0.2) is 43.0 Å². The molecule has 0 radical (unpaired) electrons. The Hall–Kier alpha value is -2.17. The molecule has 1 aromatic heterocycles. The highest BCUT2D eigenvalue weighted by atomic mass is 19.1. The van der Waals surface area contributed by atoms with E-state index in [9.17, 15) is 9.18 Å². The van der Waals surface area contributed by atoms with Crippen molar-refractivity contribution in [2.75, 3.05) is 6.54 Å². The molecule has 1 aliphatic rings. The SMILES string of the molecule is O=C(CCCn1ccnc1)N1CCCC1c1ccc(F)cc1. The molecule has 2 aromatic rings. The van der Waals surface area contributed by atoms with Crippen LogP contribution >= 0.6 is 0 Å². The van der Waals surface area contributed by atoms with Crippen LogP contribution in [0, 0.1) is 5.82 Å². The highest BCUT2D eigenvalue weighted by Crippen LogP contribution is 2.32. The first-order chi connectivity index (χ1) is 10.7. The van der Waals surface area contributed by atoms with E-state index >= 15 is 0 Å². The summed E-state index contributed by atoms with van der Waals surface area (Å²) < 4.78 is 15.0. The number of amides is 1. The molecule has 4 nitrogen and oxygen atoms in total. The third-order valence-corrected chi connectivity index (χ3v) is 4.19. The summed E-state index contributed by atoms with van der Waals surface area (Å²) in [6.45, 7) is 1.60. The summed E-state index contributed by atoms with van der Waals surface area (Å²) >= 11 is 0. The normalized spacial score (nSPS) is 17.9. The Morgan fingerprint density at radius 3 is 2.86 bits per heavy atom. The molecule has 3 rings (SSSR count). The third-order valence-electron chi connectivity index (χ3n) is 4.19. The second-order valence-electron chi connectivity index (χ2n) is 5.70. The number of rotatable bonds is 5. The van der Waals surface area contributed by atoms with Crippen LogP contribution in [0.1, 0.15) is 37.3 Å². The van der Waals surface area contributed by atoms with Crippen LogP contribution in [0.25, 0.3) is 0 Å². The number of hydrogen-bond acceptors (Lipinski definition) is 2. The van der Waals surface area contributed by atoms with Crippen LogP contribution in [0.2, 0.25) is 0 Å². The molecule has 22 heavy (non-hydrogen) atoms. The van der Waals surface area contributed by atoms with Gasteiger partial charge in [0.05, 0.1) is 12.4 Å². The van der Waals surface area contributed by atoms with Gasteiger partial charge in [-0.2, -0.15) is 0 Å². The molecule has 1 saturated heterocycles. The topological polar surface area (TPSA) is 38.1 Å². The van der Waals surface area contributed by atoms with Crippen LogP contribution in [-0.4, -0.2) is 26.9 Å². The molecule has 1 atom stereocenters. The standard InChI is InChI=1S/C17H20FN3O/c18-15-7-5-14(6-8-15)16-3-1-11-21(16)17(22)4-2-10-20-12-9-19-13-20/h5-9,12-13,16H,1-4,10-11H2. The molecule has 1 fully saturated rings. The lowest BCUT2D eigenvalue weighted by Gasteiger charge is -2.25. The van der Waals surface area contributed by atoms with Gasteiger partial charge in [0.2, 0.25) is 5.91 Å². The fourth-order valence-corrected chi connectivity index (χ4v) is 3.07. The summed E-state index contributed by atoms with van der Waals surface area (Å²) in [7, 11) is 0. The molecule has 1 amide bonds. The quantitative estimate of drug-likeness (QED) is 0.851. The number of hydrogen-bond donors (Lipinski definition) is 0. The van der Waals surface area contributed by atoms with E-state index in [0.717, 1.165) is 37.9 Å². The van der Waals surface area contributed by atoms with Crippen LogP contribution in [0.4, 0.5) is 4.39 Å². The summed E-state index contributed by atoms with van der Waals surface area (Å²) in [6.07, 6.45) is 8.72. The molecular formula is C17H20FN3O. The van der Waals surface area contributed by atoms with E-state index in [1.54, 1.807) is 24.7 Å². The maximum atomic E-state index is 13.0. The number of imidazole rings is 1. The van der Waals surface area contributed by atoms with Crippen molar-refractivity contribution < 1.29 is 9.18 Å². The van der Waals surface area contributed by atoms with Crippen molar-refractivity contribution in [2.45, 2.75) is 38.3 Å². The lowest BCUT2D eigenvalue weighted by atomic mass is 10.0. The molecule has 1 unspecified atom stereocenters. The number of likely N-dealkylation sites (tertiary alicyclic amines) is 1. The zero-order valence-corrected chi connectivity index (χ0v) is 12.5. The monoisotopic (exact) mass is 301 g/mol. The lowest BCUT2D eigenvalue weighted by molar-refractivity contribution is -0.132. The average Bonchev–Trinajstić information content (AvgIpc) is 3.19. The third kappa shape index (κ3) is 3.35. The summed E-state index contributed by atoms with van der Waals surface area (Å²) in [5, 5.41) is 0. The van der Waals surface area contributed by atoms with Crippen molar-refractivity contribution in [3.63, 3.8) is 0 Å². The highest BCUT2D eigenvalue weighted by Gasteiger charge is 2.29. The van der Waals surface area contributed by atoms with Crippen molar-refractivity contribution >= 4 is 5.91 Å². The van der Waals surface area contributed by atoms with Crippen molar-refractivity contribution in [2.24, 2.45) is 0 Å². The zero-order chi connectivity index (χ0) is 15.4. The fraction of sp³-hybridized carbons (Fsp3) is 0.412. The number of aromatic nitrogens is 2. The van der Waals surface area contributed by atoms with Crippen molar-refractivity contribution in [1.82, 2.24) is 14.5 Å². The van der Waals surface area contributed by atoms with Crippen molar-refractivity contribution in [3.05, 3.63) is 54.4 Å². The molecule has 5 heteroatoms. The van der Waals surface area contributed by atoms with E-state index in [4.69, 9.17) is 0 Å². The number of carbonyl (C=O) groups is 1. The van der Waals surface area contributed by atoms with Crippen molar-refractivity contribution in [1.29, 1.82) is 0 Å². The van der Waals surface area contributed by atoms with Gasteiger partial charge in [-0.05, 0) is 37.0 Å². The van der Waals surface area contributed by atoms with Crippen LogP contribution in [-0.2, 0) is 11.3 Å². The molecule has 0 N–H and O–H groups in total. The van der Waals surface area contributed by atoms with Gasteiger partial charge in [-0.25, -0.2) is 9.37 Å². The summed E-state index contributed by atoms with van der Waals surface area (Å²) in [6, 6.07) is 6.61. The van der Waals surface area contributed by atoms with Gasteiger partial charge in [0, 0.05) is 31.9 Å². The fourth-order valence-electron chi connectivity index (χ4n) is 3.07. The van der Waals surface area contributed by atoms with E-state index in [1.165, 1.54) is 12.1 Å². The van der Waals surface area contributed by atoms with E-state index in [-0.39, 0.29) is 17.8 Å². The Balaban J connectivity index is 1.57. The second-order valence-corrected chi connectivity index (χ2v) is 5.70. The largest absolute Gasteiger partial charge is 0.337 e. The Labute approximate surface area is 129 Å². The number of nitrogens with zero attached hydrogens (tertiary/aromatic N) is 3. The van der Waals surface area contributed by atoms with Gasteiger partial charge < -0.3 is 9.47 Å². The Bertz CT molecular complexity index is 609. The van der Waals surface area contributed by atoms with Gasteiger partial charge in [0.25, 0.3) is 0 Å². The van der Waals surface area contributed by atoms with Gasteiger partial charge in [0.1, 0.15) is 5.82 Å². The first kappa shape index (κ1) is 14.8. The van der Waals surface area contributed by atoms with E-state index < -0.39 is 0 Å². The molecule has 0 bridgehead atoms. The zero-order valence-electron chi connectivity index (χ0n) is 12.5. The van der Waals surface area contributed by atoms with Gasteiger partial charge in [0.15, 0.2) is 0 Å². The molecule has 0 saturated carbocycles. The van der Waals surface area contributed by atoms with E-state index in [2.05, 4.69) is 4.98 Å². The van der Waals surface area contributed by atoms with Crippen molar-refractivity contribution in [3.8, 4) is 0 Å². The number of carbonyl (C=O) groups excluding carboxylic acids is 1. The molecule has 0 spiro atoms. The van der Waals surface area contributed by atoms with Gasteiger partial charge >= 0.3 is 0 Å². The average molecular weight is 301 g/mol. The van der Waals surface area contributed by atoms with Gasteiger partial charge in [-0.15, -0.1) is 0 Å². The van der Waals surface area contributed by atoms with Gasteiger partial charge in [-0.3, -0.25) is 4.79 Å². The van der Waals surface area contributed by atoms with E-state index in [1.807, 2.05) is 15.7 Å². The first-order valence-electron chi connectivity index (χ1n) is 7.75. The van der Waals surface area contributed by atoms with Gasteiger partial charge in [-0.1, -0.05) is 12.1 Å². The smallest absolute Gasteiger partial charge is 0.223 e. The predicted molar refractivity (Wildman–Crippen MR) is 81.5 cm³/mol.